The van der Waals surface area contributed by atoms with Crippen LogP contribution in [0.1, 0.15) is 19.4 Å². The van der Waals surface area contributed by atoms with Gasteiger partial charge in [-0.15, -0.1) is 0 Å². The van der Waals surface area contributed by atoms with E-state index >= 15 is 0 Å². The Hall–Kier alpha value is -1.66. The number of methoxy groups -OCH3 is 1. The Bertz CT molecular complexity index is 406. The summed E-state index contributed by atoms with van der Waals surface area (Å²) in [5, 5.41) is 3.25. The first-order valence-corrected chi connectivity index (χ1v) is 6.74. The third-order valence-corrected chi connectivity index (χ3v) is 2.87. The molecular formula is C14H24N4O2. The number of rotatable bonds is 9. The summed E-state index contributed by atoms with van der Waals surface area (Å²) in [4.78, 5) is 17.4. The SMILES string of the molecule is COCCNCc1ccc(N(CC(N)=O)C(C)C)nc1. The molecule has 0 aliphatic carbocycles. The van der Waals surface area contributed by atoms with E-state index in [1.54, 1.807) is 7.11 Å². The molecule has 0 atom stereocenters. The molecule has 1 rings (SSSR count). The molecule has 3 N–H and O–H groups in total. The number of carbonyl (C=O) groups excluding carboxylic acids is 1. The van der Waals surface area contributed by atoms with Crippen LogP contribution in [0.15, 0.2) is 18.3 Å². The lowest BCUT2D eigenvalue weighted by molar-refractivity contribution is -0.116. The molecule has 0 radical (unpaired) electrons. The normalized spacial score (nSPS) is 10.8. The third-order valence-electron chi connectivity index (χ3n) is 2.87. The molecular weight excluding hydrogens is 256 g/mol. The zero-order chi connectivity index (χ0) is 15.0. The zero-order valence-corrected chi connectivity index (χ0v) is 12.4. The van der Waals surface area contributed by atoms with Crippen molar-refractivity contribution in [3.8, 4) is 0 Å². The number of carbonyl (C=O) groups is 1. The Labute approximate surface area is 120 Å². The number of ether oxygens (including phenoxy) is 1. The van der Waals surface area contributed by atoms with Crippen LogP contribution in [0, 0.1) is 0 Å². The molecule has 1 heterocycles. The second-order valence-electron chi connectivity index (χ2n) is 4.88. The Balaban J connectivity index is 2.61. The van der Waals surface area contributed by atoms with Gasteiger partial charge in [-0.3, -0.25) is 4.79 Å². The first kappa shape index (κ1) is 16.4. The molecule has 1 aromatic heterocycles. The minimum atomic E-state index is -0.356. The lowest BCUT2D eigenvalue weighted by Gasteiger charge is -2.26. The quantitative estimate of drug-likeness (QED) is 0.645. The summed E-state index contributed by atoms with van der Waals surface area (Å²) in [5.41, 5.74) is 6.35. The van der Waals surface area contributed by atoms with Crippen LogP contribution in [0.5, 0.6) is 0 Å². The Morgan fingerprint density at radius 1 is 1.50 bits per heavy atom. The summed E-state index contributed by atoms with van der Waals surface area (Å²) in [6.07, 6.45) is 1.81. The fourth-order valence-corrected chi connectivity index (χ4v) is 1.79. The van der Waals surface area contributed by atoms with Crippen molar-refractivity contribution in [1.82, 2.24) is 10.3 Å². The van der Waals surface area contributed by atoms with E-state index in [2.05, 4.69) is 10.3 Å². The molecule has 0 aliphatic rings. The maximum Gasteiger partial charge on any atom is 0.237 e. The standard InChI is InChI=1S/C14H24N4O2/c1-11(2)18(10-13(15)19)14-5-4-12(9-17-14)8-16-6-7-20-3/h4-5,9,11,16H,6-8,10H2,1-3H3,(H2,15,19). The van der Waals surface area contributed by atoms with Gasteiger partial charge in [-0.25, -0.2) is 4.98 Å². The molecule has 0 bridgehead atoms. The molecule has 1 amide bonds. The van der Waals surface area contributed by atoms with Gasteiger partial charge >= 0.3 is 0 Å². The molecule has 1 aromatic rings. The number of hydrogen-bond acceptors (Lipinski definition) is 5. The minimum absolute atomic E-state index is 0.167. The molecule has 6 heteroatoms. The van der Waals surface area contributed by atoms with E-state index in [1.807, 2.05) is 37.1 Å². The number of amides is 1. The van der Waals surface area contributed by atoms with Gasteiger partial charge < -0.3 is 20.7 Å². The highest BCUT2D eigenvalue weighted by Crippen LogP contribution is 2.14. The molecule has 0 aliphatic heterocycles. The van der Waals surface area contributed by atoms with Crippen molar-refractivity contribution in [1.29, 1.82) is 0 Å². The molecule has 0 spiro atoms. The second-order valence-corrected chi connectivity index (χ2v) is 4.88. The largest absolute Gasteiger partial charge is 0.383 e. The summed E-state index contributed by atoms with van der Waals surface area (Å²) >= 11 is 0. The topological polar surface area (TPSA) is 80.5 Å². The monoisotopic (exact) mass is 280 g/mol. The number of nitrogens with two attached hydrogens (primary N) is 1. The van der Waals surface area contributed by atoms with Gasteiger partial charge in [0.05, 0.1) is 13.2 Å². The van der Waals surface area contributed by atoms with E-state index in [-0.39, 0.29) is 18.5 Å². The predicted molar refractivity (Wildman–Crippen MR) is 79.5 cm³/mol. The van der Waals surface area contributed by atoms with E-state index in [1.165, 1.54) is 0 Å². The fraction of sp³-hybridized carbons (Fsp3) is 0.571. The van der Waals surface area contributed by atoms with Gasteiger partial charge in [-0.2, -0.15) is 0 Å². The minimum Gasteiger partial charge on any atom is -0.383 e. The van der Waals surface area contributed by atoms with Gasteiger partial charge in [0.15, 0.2) is 0 Å². The van der Waals surface area contributed by atoms with Crippen LogP contribution in [-0.4, -0.2) is 43.7 Å². The third kappa shape index (κ3) is 5.54. The van der Waals surface area contributed by atoms with Crippen LogP contribution in [0.3, 0.4) is 0 Å². The van der Waals surface area contributed by atoms with Crippen LogP contribution in [0.4, 0.5) is 5.82 Å². The van der Waals surface area contributed by atoms with Crippen LogP contribution < -0.4 is 16.0 Å². The molecule has 112 valence electrons. The first-order valence-electron chi connectivity index (χ1n) is 6.74. The summed E-state index contributed by atoms with van der Waals surface area (Å²) in [7, 11) is 1.68. The number of nitrogens with zero attached hydrogens (tertiary/aromatic N) is 2. The number of nitrogens with one attached hydrogen (secondary N) is 1. The Morgan fingerprint density at radius 3 is 2.75 bits per heavy atom. The van der Waals surface area contributed by atoms with E-state index in [0.29, 0.717) is 6.61 Å². The molecule has 0 unspecified atom stereocenters. The van der Waals surface area contributed by atoms with Crippen molar-refractivity contribution in [3.63, 3.8) is 0 Å². The van der Waals surface area contributed by atoms with E-state index in [4.69, 9.17) is 10.5 Å². The summed E-state index contributed by atoms with van der Waals surface area (Å²) < 4.78 is 4.97. The smallest absolute Gasteiger partial charge is 0.237 e. The van der Waals surface area contributed by atoms with Gasteiger partial charge in [-0.05, 0) is 25.5 Å². The van der Waals surface area contributed by atoms with Crippen molar-refractivity contribution in [2.75, 3.05) is 31.7 Å². The maximum atomic E-state index is 11.1. The Morgan fingerprint density at radius 2 is 2.25 bits per heavy atom. The van der Waals surface area contributed by atoms with Gasteiger partial charge in [0.25, 0.3) is 0 Å². The first-order chi connectivity index (χ1) is 9.54. The van der Waals surface area contributed by atoms with Gasteiger partial charge in [0.2, 0.25) is 5.91 Å². The number of anilines is 1. The average molecular weight is 280 g/mol. The molecule has 0 saturated heterocycles. The van der Waals surface area contributed by atoms with E-state index < -0.39 is 0 Å². The van der Waals surface area contributed by atoms with Crippen LogP contribution in [-0.2, 0) is 16.1 Å². The highest BCUT2D eigenvalue weighted by atomic mass is 16.5. The highest BCUT2D eigenvalue weighted by Gasteiger charge is 2.14. The van der Waals surface area contributed by atoms with Gasteiger partial charge in [0, 0.05) is 32.4 Å². The fourth-order valence-electron chi connectivity index (χ4n) is 1.79. The van der Waals surface area contributed by atoms with E-state index in [9.17, 15) is 4.79 Å². The summed E-state index contributed by atoms with van der Waals surface area (Å²) in [5.74, 6) is 0.408. The number of pyridine rings is 1. The lowest BCUT2D eigenvalue weighted by atomic mass is 10.2. The molecule has 0 aromatic carbocycles. The van der Waals surface area contributed by atoms with Gasteiger partial charge in [-0.1, -0.05) is 6.07 Å². The van der Waals surface area contributed by atoms with Crippen molar-refractivity contribution in [2.45, 2.75) is 26.4 Å². The van der Waals surface area contributed by atoms with Crippen LogP contribution in [0.2, 0.25) is 0 Å². The zero-order valence-electron chi connectivity index (χ0n) is 12.4. The number of hydrogen-bond donors (Lipinski definition) is 2. The van der Waals surface area contributed by atoms with Crippen LogP contribution in [0.25, 0.3) is 0 Å². The molecule has 20 heavy (non-hydrogen) atoms. The van der Waals surface area contributed by atoms with Crippen molar-refractivity contribution >= 4 is 11.7 Å². The van der Waals surface area contributed by atoms with Crippen molar-refractivity contribution < 1.29 is 9.53 Å². The maximum absolute atomic E-state index is 11.1. The molecule has 6 nitrogen and oxygen atoms in total. The van der Waals surface area contributed by atoms with Crippen molar-refractivity contribution in [2.24, 2.45) is 5.73 Å². The number of primary amides is 1. The predicted octanol–water partition coefficient (Wildman–Crippen LogP) is 0.518. The Kier molecular flexibility index (Phi) is 6.97. The molecule has 0 saturated carbocycles. The average Bonchev–Trinajstić information content (AvgIpc) is 2.41. The highest BCUT2D eigenvalue weighted by molar-refractivity contribution is 5.79. The lowest BCUT2D eigenvalue weighted by Crippen LogP contribution is -2.39. The molecule has 0 fully saturated rings. The van der Waals surface area contributed by atoms with Crippen molar-refractivity contribution in [3.05, 3.63) is 23.9 Å². The van der Waals surface area contributed by atoms with Crippen LogP contribution >= 0.6 is 0 Å². The summed E-state index contributed by atoms with van der Waals surface area (Å²) in [6.45, 7) is 6.42. The van der Waals surface area contributed by atoms with Gasteiger partial charge in [0.1, 0.15) is 5.82 Å². The number of aromatic nitrogens is 1. The van der Waals surface area contributed by atoms with E-state index in [0.717, 1.165) is 24.5 Å². The summed E-state index contributed by atoms with van der Waals surface area (Å²) in [6, 6.07) is 4.08. The second kappa shape index (κ2) is 8.50.